The fourth-order valence-corrected chi connectivity index (χ4v) is 2.04. The molecule has 0 saturated heterocycles. The van der Waals surface area contributed by atoms with Crippen molar-refractivity contribution in [3.63, 3.8) is 0 Å². The van der Waals surface area contributed by atoms with E-state index in [4.69, 9.17) is 5.73 Å². The minimum atomic E-state index is -0.0486. The summed E-state index contributed by atoms with van der Waals surface area (Å²) in [7, 11) is 0. The van der Waals surface area contributed by atoms with Gasteiger partial charge in [0.15, 0.2) is 5.78 Å². The van der Waals surface area contributed by atoms with E-state index in [1.807, 2.05) is 37.3 Å². The summed E-state index contributed by atoms with van der Waals surface area (Å²) in [5.41, 5.74) is 8.63. The maximum Gasteiger partial charge on any atom is 0.195 e. The highest BCUT2D eigenvalue weighted by molar-refractivity contribution is 9.10. The van der Waals surface area contributed by atoms with E-state index >= 15 is 0 Å². The van der Waals surface area contributed by atoms with Gasteiger partial charge in [-0.25, -0.2) is 0 Å². The van der Waals surface area contributed by atoms with Gasteiger partial charge in [0.2, 0.25) is 0 Å². The summed E-state index contributed by atoms with van der Waals surface area (Å²) in [6, 6.07) is 12.9. The average molecular weight is 290 g/mol. The van der Waals surface area contributed by atoms with Gasteiger partial charge in [0.1, 0.15) is 0 Å². The van der Waals surface area contributed by atoms with Crippen LogP contribution in [0.25, 0.3) is 0 Å². The van der Waals surface area contributed by atoms with Crippen LogP contribution >= 0.6 is 15.9 Å². The largest absolute Gasteiger partial charge is 0.397 e. The lowest BCUT2D eigenvalue weighted by atomic mass is 10.0. The number of halogens is 1. The summed E-state index contributed by atoms with van der Waals surface area (Å²) < 4.78 is 0.746. The second kappa shape index (κ2) is 4.72. The molecule has 0 atom stereocenters. The maximum atomic E-state index is 12.3. The molecule has 2 aromatic rings. The Hall–Kier alpha value is -1.61. The Morgan fingerprint density at radius 1 is 1.18 bits per heavy atom. The van der Waals surface area contributed by atoms with E-state index in [0.717, 1.165) is 10.0 Å². The predicted octanol–water partition coefficient (Wildman–Crippen LogP) is 3.57. The van der Waals surface area contributed by atoms with Gasteiger partial charge in [-0.2, -0.15) is 0 Å². The Labute approximate surface area is 109 Å². The second-order valence-corrected chi connectivity index (χ2v) is 4.75. The Morgan fingerprint density at radius 3 is 2.59 bits per heavy atom. The third kappa shape index (κ3) is 2.39. The van der Waals surface area contributed by atoms with E-state index in [2.05, 4.69) is 15.9 Å². The molecule has 2 N–H and O–H groups in total. The summed E-state index contributed by atoms with van der Waals surface area (Å²) in [6.45, 7) is 1.96. The van der Waals surface area contributed by atoms with Gasteiger partial charge in [-0.1, -0.05) is 29.8 Å². The molecule has 0 saturated carbocycles. The van der Waals surface area contributed by atoms with Crippen LogP contribution in [-0.2, 0) is 0 Å². The lowest BCUT2D eigenvalue weighted by molar-refractivity contribution is 0.103. The van der Waals surface area contributed by atoms with E-state index in [9.17, 15) is 4.79 Å². The van der Waals surface area contributed by atoms with Crippen molar-refractivity contribution in [3.05, 3.63) is 63.6 Å². The molecule has 0 heterocycles. The van der Waals surface area contributed by atoms with Crippen molar-refractivity contribution in [1.82, 2.24) is 0 Å². The summed E-state index contributed by atoms with van der Waals surface area (Å²) in [5, 5.41) is 0. The smallest absolute Gasteiger partial charge is 0.195 e. The van der Waals surface area contributed by atoms with Gasteiger partial charge in [0, 0.05) is 15.6 Å². The van der Waals surface area contributed by atoms with E-state index in [0.29, 0.717) is 16.8 Å². The minimum Gasteiger partial charge on any atom is -0.397 e. The molecule has 0 aromatic heterocycles. The highest BCUT2D eigenvalue weighted by atomic mass is 79.9. The van der Waals surface area contributed by atoms with Crippen molar-refractivity contribution in [2.24, 2.45) is 0 Å². The van der Waals surface area contributed by atoms with Crippen molar-refractivity contribution in [2.45, 2.75) is 6.92 Å². The first-order valence-corrected chi connectivity index (χ1v) is 6.04. The first-order chi connectivity index (χ1) is 8.09. The van der Waals surface area contributed by atoms with Crippen LogP contribution in [0.2, 0.25) is 0 Å². The molecular formula is C14H12BrNO. The number of benzene rings is 2. The molecule has 86 valence electrons. The number of nitrogen functional groups attached to an aromatic ring is 1. The number of carbonyl (C=O) groups excluding carboxylic acids is 1. The Kier molecular flexibility index (Phi) is 3.29. The molecule has 0 amide bonds. The number of hydrogen-bond donors (Lipinski definition) is 1. The van der Waals surface area contributed by atoms with Crippen molar-refractivity contribution in [2.75, 3.05) is 5.73 Å². The predicted molar refractivity (Wildman–Crippen MR) is 73.2 cm³/mol. The number of rotatable bonds is 2. The topological polar surface area (TPSA) is 43.1 Å². The van der Waals surface area contributed by atoms with Gasteiger partial charge in [0.05, 0.1) is 5.69 Å². The highest BCUT2D eigenvalue weighted by Crippen LogP contribution is 2.25. The van der Waals surface area contributed by atoms with Crippen molar-refractivity contribution >= 4 is 27.4 Å². The Morgan fingerprint density at radius 2 is 1.88 bits per heavy atom. The van der Waals surface area contributed by atoms with Gasteiger partial charge >= 0.3 is 0 Å². The Bertz CT molecular complexity index is 578. The van der Waals surface area contributed by atoms with Crippen LogP contribution in [0.1, 0.15) is 21.5 Å². The third-order valence-electron chi connectivity index (χ3n) is 2.58. The zero-order valence-electron chi connectivity index (χ0n) is 9.41. The molecule has 0 bridgehead atoms. The summed E-state index contributed by atoms with van der Waals surface area (Å²) in [5.74, 6) is -0.0486. The number of para-hydroxylation sites is 1. The SMILES string of the molecule is Cc1cccc(C(=O)c2cccc(Br)c2N)c1. The number of hydrogen-bond acceptors (Lipinski definition) is 2. The zero-order chi connectivity index (χ0) is 12.4. The summed E-state index contributed by atoms with van der Waals surface area (Å²) in [6.07, 6.45) is 0. The molecule has 3 heteroatoms. The third-order valence-corrected chi connectivity index (χ3v) is 3.27. The monoisotopic (exact) mass is 289 g/mol. The lowest BCUT2D eigenvalue weighted by Crippen LogP contribution is -2.05. The van der Waals surface area contributed by atoms with Crippen LogP contribution < -0.4 is 5.73 Å². The molecule has 0 aliphatic carbocycles. The van der Waals surface area contributed by atoms with E-state index in [-0.39, 0.29) is 5.78 Å². The molecule has 0 spiro atoms. The van der Waals surface area contributed by atoms with Crippen LogP contribution in [0.5, 0.6) is 0 Å². The first kappa shape index (κ1) is 11.9. The molecule has 17 heavy (non-hydrogen) atoms. The van der Waals surface area contributed by atoms with Gasteiger partial charge in [-0.3, -0.25) is 4.79 Å². The zero-order valence-corrected chi connectivity index (χ0v) is 11.0. The molecule has 2 nitrogen and oxygen atoms in total. The van der Waals surface area contributed by atoms with E-state index in [1.165, 1.54) is 0 Å². The lowest BCUT2D eigenvalue weighted by Gasteiger charge is -2.07. The number of aryl methyl sites for hydroxylation is 1. The fraction of sp³-hybridized carbons (Fsp3) is 0.0714. The van der Waals surface area contributed by atoms with E-state index < -0.39 is 0 Å². The van der Waals surface area contributed by atoms with Gasteiger partial charge in [-0.05, 0) is 41.1 Å². The quantitative estimate of drug-likeness (QED) is 0.678. The number of anilines is 1. The molecule has 0 aliphatic rings. The number of carbonyl (C=O) groups is 1. The van der Waals surface area contributed by atoms with Gasteiger partial charge in [0.25, 0.3) is 0 Å². The molecule has 0 unspecified atom stereocenters. The van der Waals surface area contributed by atoms with Crippen LogP contribution in [0.3, 0.4) is 0 Å². The summed E-state index contributed by atoms with van der Waals surface area (Å²) in [4.78, 5) is 12.3. The normalized spacial score (nSPS) is 10.2. The summed E-state index contributed by atoms with van der Waals surface area (Å²) >= 11 is 3.32. The molecule has 2 rings (SSSR count). The van der Waals surface area contributed by atoms with Crippen LogP contribution in [0.4, 0.5) is 5.69 Å². The number of ketones is 1. The highest BCUT2D eigenvalue weighted by Gasteiger charge is 2.13. The molecular weight excluding hydrogens is 278 g/mol. The van der Waals surface area contributed by atoms with Crippen LogP contribution in [-0.4, -0.2) is 5.78 Å². The van der Waals surface area contributed by atoms with Crippen LogP contribution in [0, 0.1) is 6.92 Å². The van der Waals surface area contributed by atoms with Gasteiger partial charge < -0.3 is 5.73 Å². The molecule has 0 radical (unpaired) electrons. The van der Waals surface area contributed by atoms with Crippen molar-refractivity contribution < 1.29 is 4.79 Å². The van der Waals surface area contributed by atoms with Crippen molar-refractivity contribution in [1.29, 1.82) is 0 Å². The van der Waals surface area contributed by atoms with E-state index in [1.54, 1.807) is 12.1 Å². The Balaban J connectivity index is 2.48. The van der Waals surface area contributed by atoms with Crippen molar-refractivity contribution in [3.8, 4) is 0 Å². The molecule has 0 aliphatic heterocycles. The second-order valence-electron chi connectivity index (χ2n) is 3.90. The molecule has 2 aromatic carbocycles. The minimum absolute atomic E-state index is 0.0486. The first-order valence-electron chi connectivity index (χ1n) is 5.25. The standard InChI is InChI=1S/C14H12BrNO/c1-9-4-2-5-10(8-9)14(17)11-6-3-7-12(15)13(11)16/h2-8H,16H2,1H3. The number of nitrogens with two attached hydrogens (primary N) is 1. The van der Waals surface area contributed by atoms with Crippen LogP contribution in [0.15, 0.2) is 46.9 Å². The fourth-order valence-electron chi connectivity index (χ4n) is 1.68. The van der Waals surface area contributed by atoms with Gasteiger partial charge in [-0.15, -0.1) is 0 Å². The average Bonchev–Trinajstić information content (AvgIpc) is 2.32. The molecule has 0 fully saturated rings. The maximum absolute atomic E-state index is 12.3.